The zero-order chi connectivity index (χ0) is 28.9. The molecule has 4 aromatic rings. The molecule has 0 saturated heterocycles. The summed E-state index contributed by atoms with van der Waals surface area (Å²) < 4.78 is 84.4. The first-order valence-electron chi connectivity index (χ1n) is 11.8. The summed E-state index contributed by atoms with van der Waals surface area (Å²) in [4.78, 5) is 9.05. The number of hydrogen-bond acceptors (Lipinski definition) is 3. The third-order valence-electron chi connectivity index (χ3n) is 6.14. The highest BCUT2D eigenvalue weighted by Crippen LogP contribution is 2.40. The Bertz CT molecular complexity index is 1440. The lowest BCUT2D eigenvalue weighted by Crippen LogP contribution is -2.39. The molecule has 206 valence electrons. The first kappa shape index (κ1) is 28.2. The van der Waals surface area contributed by atoms with Crippen molar-refractivity contribution in [1.82, 2.24) is 14.5 Å². The maximum absolute atomic E-state index is 14.1. The van der Waals surface area contributed by atoms with E-state index in [0.29, 0.717) is 34.2 Å². The van der Waals surface area contributed by atoms with Crippen molar-refractivity contribution in [1.29, 1.82) is 5.26 Å². The van der Waals surface area contributed by atoms with Crippen LogP contribution in [0.2, 0.25) is 0 Å². The van der Waals surface area contributed by atoms with Gasteiger partial charge in [-0.1, -0.05) is 60.7 Å². The Hall–Kier alpha value is -4.79. The van der Waals surface area contributed by atoms with E-state index in [0.717, 1.165) is 0 Å². The third-order valence-corrected chi connectivity index (χ3v) is 6.14. The van der Waals surface area contributed by atoms with Crippen LogP contribution in [0.5, 0.6) is 0 Å². The van der Waals surface area contributed by atoms with Gasteiger partial charge in [0.1, 0.15) is 6.04 Å². The summed E-state index contributed by atoms with van der Waals surface area (Å²) in [5, 5.41) is 10.1. The second-order valence-corrected chi connectivity index (χ2v) is 8.75. The zero-order valence-electron chi connectivity index (χ0n) is 20.7. The molecule has 1 aromatic heterocycles. The van der Waals surface area contributed by atoms with E-state index in [1.54, 1.807) is 66.9 Å². The monoisotopic (exact) mass is 556 g/mol. The predicted molar refractivity (Wildman–Crippen MR) is 135 cm³/mol. The molecule has 0 fully saturated rings. The second kappa shape index (κ2) is 11.5. The fourth-order valence-corrected chi connectivity index (χ4v) is 4.27. The molecule has 1 atom stereocenters. The maximum Gasteiger partial charge on any atom is 0.416 e. The number of rotatable bonds is 7. The van der Waals surface area contributed by atoms with Crippen LogP contribution in [-0.2, 0) is 18.9 Å². The molecule has 40 heavy (non-hydrogen) atoms. The topological polar surface area (TPSA) is 83.2 Å². The van der Waals surface area contributed by atoms with Gasteiger partial charge >= 0.3 is 12.4 Å². The molecule has 3 aromatic carbocycles. The minimum absolute atomic E-state index is 0.357. The van der Waals surface area contributed by atoms with Crippen molar-refractivity contribution in [2.75, 3.05) is 0 Å². The van der Waals surface area contributed by atoms with Gasteiger partial charge in [-0.3, -0.25) is 0 Å². The molecule has 0 bridgehead atoms. The van der Waals surface area contributed by atoms with Crippen LogP contribution in [0.3, 0.4) is 0 Å². The SMILES string of the molecule is N#CN(C(N)=NC(c1ccccc1)c1ccccc1)C(Cn1ccnc1)c1cc(C(F)(F)F)ccc1C(F)(F)F. The van der Waals surface area contributed by atoms with Gasteiger partial charge in [0.05, 0.1) is 23.5 Å². The van der Waals surface area contributed by atoms with Crippen LogP contribution >= 0.6 is 0 Å². The van der Waals surface area contributed by atoms with Gasteiger partial charge in [0.15, 0.2) is 6.19 Å². The number of aliphatic imine (C=N–C) groups is 1. The van der Waals surface area contributed by atoms with E-state index in [-0.39, 0.29) is 6.54 Å². The summed E-state index contributed by atoms with van der Waals surface area (Å²) in [6.07, 6.45) is -4.16. The molecule has 0 aliphatic carbocycles. The van der Waals surface area contributed by atoms with Crippen molar-refractivity contribution in [3.8, 4) is 6.19 Å². The Morgan fingerprint density at radius 3 is 2.00 bits per heavy atom. The molecule has 6 nitrogen and oxygen atoms in total. The summed E-state index contributed by atoms with van der Waals surface area (Å²) in [5.41, 5.74) is 4.21. The average Bonchev–Trinajstić information content (AvgIpc) is 3.44. The van der Waals surface area contributed by atoms with E-state index in [1.165, 1.54) is 23.3 Å². The number of alkyl halides is 6. The predicted octanol–water partition coefficient (Wildman–Crippen LogP) is 6.55. The molecule has 2 N–H and O–H groups in total. The lowest BCUT2D eigenvalue weighted by atomic mass is 9.95. The van der Waals surface area contributed by atoms with Gasteiger partial charge < -0.3 is 10.3 Å². The fraction of sp³-hybridized carbons (Fsp3) is 0.179. The highest BCUT2D eigenvalue weighted by molar-refractivity contribution is 5.81. The van der Waals surface area contributed by atoms with E-state index in [1.807, 2.05) is 0 Å². The molecular weight excluding hydrogens is 534 g/mol. The molecule has 12 heteroatoms. The Morgan fingerprint density at radius 1 is 0.925 bits per heavy atom. The molecule has 0 aliphatic heterocycles. The maximum atomic E-state index is 14.1. The smallest absolute Gasteiger partial charge is 0.369 e. The largest absolute Gasteiger partial charge is 0.416 e. The molecule has 0 saturated carbocycles. The molecule has 4 rings (SSSR count). The molecule has 1 heterocycles. The van der Waals surface area contributed by atoms with Gasteiger partial charge in [0, 0.05) is 18.9 Å². The molecule has 0 radical (unpaired) electrons. The van der Waals surface area contributed by atoms with Crippen molar-refractivity contribution < 1.29 is 26.3 Å². The minimum atomic E-state index is -5.02. The van der Waals surface area contributed by atoms with Crippen LogP contribution < -0.4 is 5.73 Å². The van der Waals surface area contributed by atoms with Crippen molar-refractivity contribution >= 4 is 5.96 Å². The molecule has 1 unspecified atom stereocenters. The second-order valence-electron chi connectivity index (χ2n) is 8.75. The quantitative estimate of drug-likeness (QED) is 0.0920. The third kappa shape index (κ3) is 6.43. The van der Waals surface area contributed by atoms with Crippen LogP contribution in [0, 0.1) is 11.5 Å². The number of hydrogen-bond donors (Lipinski definition) is 1. The van der Waals surface area contributed by atoms with Crippen molar-refractivity contribution in [2.45, 2.75) is 31.0 Å². The van der Waals surface area contributed by atoms with E-state index >= 15 is 0 Å². The normalized spacial score (nSPS) is 13.2. The number of guanidine groups is 1. The number of imidazole rings is 1. The van der Waals surface area contributed by atoms with E-state index in [4.69, 9.17) is 5.73 Å². The van der Waals surface area contributed by atoms with Gasteiger partial charge in [-0.2, -0.15) is 31.6 Å². The molecule has 0 spiro atoms. The van der Waals surface area contributed by atoms with Crippen LogP contribution in [0.4, 0.5) is 26.3 Å². The van der Waals surface area contributed by atoms with E-state index in [2.05, 4.69) is 9.98 Å². The number of halogens is 6. The number of benzene rings is 3. The highest BCUT2D eigenvalue weighted by Gasteiger charge is 2.40. The minimum Gasteiger partial charge on any atom is -0.369 e. The summed E-state index contributed by atoms with van der Waals surface area (Å²) >= 11 is 0. The standard InChI is InChI=1S/C28H22F6N6/c29-27(30,31)21-11-12-23(28(32,33)34)22(15-21)24(16-39-14-13-37-18-39)40(17-35)26(36)38-25(19-7-3-1-4-8-19)20-9-5-2-6-10-20/h1-15,18,24-25H,16H2,(H2,36,38). The summed E-state index contributed by atoms with van der Waals surface area (Å²) in [7, 11) is 0. The molecule has 0 aliphatic rings. The van der Waals surface area contributed by atoms with Gasteiger partial charge in [-0.05, 0) is 34.9 Å². The number of nitriles is 1. The average molecular weight is 557 g/mol. The van der Waals surface area contributed by atoms with Gasteiger partial charge in [-0.25, -0.2) is 14.9 Å². The highest BCUT2D eigenvalue weighted by atomic mass is 19.4. The Labute approximate surface area is 225 Å². The van der Waals surface area contributed by atoms with Gasteiger partial charge in [-0.15, -0.1) is 0 Å². The van der Waals surface area contributed by atoms with Crippen molar-refractivity contribution in [3.63, 3.8) is 0 Å². The first-order valence-corrected chi connectivity index (χ1v) is 11.8. The first-order chi connectivity index (χ1) is 19.0. The lowest BCUT2D eigenvalue weighted by molar-refractivity contribution is -0.142. The zero-order valence-corrected chi connectivity index (χ0v) is 20.7. The van der Waals surface area contributed by atoms with Crippen LogP contribution in [0.15, 0.2) is 103 Å². The number of nitrogens with zero attached hydrogens (tertiary/aromatic N) is 5. The van der Waals surface area contributed by atoms with E-state index < -0.39 is 47.1 Å². The van der Waals surface area contributed by atoms with E-state index in [9.17, 15) is 31.6 Å². The van der Waals surface area contributed by atoms with Crippen LogP contribution in [0.25, 0.3) is 0 Å². The van der Waals surface area contributed by atoms with Crippen LogP contribution in [-0.4, -0.2) is 20.4 Å². The summed E-state index contributed by atoms with van der Waals surface area (Å²) in [6.45, 7) is -0.379. The van der Waals surface area contributed by atoms with Crippen molar-refractivity contribution in [3.05, 3.63) is 125 Å². The van der Waals surface area contributed by atoms with Crippen molar-refractivity contribution in [2.24, 2.45) is 10.7 Å². The fourth-order valence-electron chi connectivity index (χ4n) is 4.27. The Balaban J connectivity index is 1.89. The lowest BCUT2D eigenvalue weighted by Gasteiger charge is -2.30. The molecular formula is C28H22F6N6. The summed E-state index contributed by atoms with van der Waals surface area (Å²) in [6, 6.07) is 16.4. The Kier molecular flexibility index (Phi) is 8.13. The molecule has 0 amide bonds. The van der Waals surface area contributed by atoms with Gasteiger partial charge in [0.2, 0.25) is 5.96 Å². The Morgan fingerprint density at radius 2 is 1.52 bits per heavy atom. The van der Waals surface area contributed by atoms with Gasteiger partial charge in [0.25, 0.3) is 0 Å². The van der Waals surface area contributed by atoms with Crippen LogP contribution in [0.1, 0.15) is 39.9 Å². The summed E-state index contributed by atoms with van der Waals surface area (Å²) in [5.74, 6) is -0.476. The number of nitrogens with two attached hydrogens (primary N) is 1. The number of aromatic nitrogens is 2.